The molecule has 0 aliphatic carbocycles. The topological polar surface area (TPSA) is 60.0 Å². The first-order chi connectivity index (χ1) is 10.1. The van der Waals surface area contributed by atoms with E-state index >= 15 is 0 Å². The van der Waals surface area contributed by atoms with Crippen LogP contribution in [0.25, 0.3) is 5.65 Å². The molecule has 0 amide bonds. The van der Waals surface area contributed by atoms with Gasteiger partial charge in [0.05, 0.1) is 11.7 Å². The average Bonchev–Trinajstić information content (AvgIpc) is 3.01. The zero-order chi connectivity index (χ0) is 15.0. The Morgan fingerprint density at radius 2 is 1.95 bits per heavy atom. The van der Waals surface area contributed by atoms with E-state index in [1.165, 1.54) is 5.56 Å². The van der Waals surface area contributed by atoms with Gasteiger partial charge in [-0.05, 0) is 32.9 Å². The highest BCUT2D eigenvalue weighted by molar-refractivity contribution is 5.37. The molecule has 6 nitrogen and oxygen atoms in total. The van der Waals surface area contributed by atoms with Crippen molar-refractivity contribution in [2.45, 2.75) is 32.9 Å². The summed E-state index contributed by atoms with van der Waals surface area (Å²) in [6.45, 7) is 6.28. The maximum absolute atomic E-state index is 4.40. The van der Waals surface area contributed by atoms with Gasteiger partial charge >= 0.3 is 0 Å². The Hall–Kier alpha value is -2.21. The molecule has 3 rings (SSSR count). The molecule has 0 saturated carbocycles. The van der Waals surface area contributed by atoms with Crippen molar-refractivity contribution in [1.29, 1.82) is 0 Å². The molecule has 2 unspecified atom stereocenters. The lowest BCUT2D eigenvalue weighted by molar-refractivity contribution is 0.472. The maximum Gasteiger partial charge on any atom is 0.160 e. The van der Waals surface area contributed by atoms with E-state index < -0.39 is 0 Å². The lowest BCUT2D eigenvalue weighted by atomic mass is 10.1. The third-order valence-electron chi connectivity index (χ3n) is 3.75. The number of nitrogens with one attached hydrogen (secondary N) is 1. The molecule has 3 aromatic rings. The molecule has 3 heterocycles. The van der Waals surface area contributed by atoms with Crippen LogP contribution in [0.15, 0.2) is 30.6 Å². The molecule has 0 saturated heterocycles. The second kappa shape index (κ2) is 5.29. The van der Waals surface area contributed by atoms with Crippen molar-refractivity contribution in [3.05, 3.63) is 47.7 Å². The zero-order valence-electron chi connectivity index (χ0n) is 12.8. The highest BCUT2D eigenvalue weighted by Crippen LogP contribution is 2.20. The third kappa shape index (κ3) is 2.54. The van der Waals surface area contributed by atoms with Crippen molar-refractivity contribution in [2.24, 2.45) is 7.05 Å². The summed E-state index contributed by atoms with van der Waals surface area (Å²) in [6, 6.07) is 6.20. The van der Waals surface area contributed by atoms with Crippen LogP contribution in [0.5, 0.6) is 0 Å². The molecule has 0 fully saturated rings. The Bertz CT molecular complexity index is 756. The Morgan fingerprint density at radius 1 is 1.14 bits per heavy atom. The maximum atomic E-state index is 4.40. The van der Waals surface area contributed by atoms with Crippen LogP contribution in [0.2, 0.25) is 0 Å². The van der Waals surface area contributed by atoms with Gasteiger partial charge in [0.2, 0.25) is 0 Å². The number of hydrogen-bond acceptors (Lipinski definition) is 4. The summed E-state index contributed by atoms with van der Waals surface area (Å²) in [5.41, 5.74) is 3.13. The monoisotopic (exact) mass is 284 g/mol. The van der Waals surface area contributed by atoms with Gasteiger partial charge in [0, 0.05) is 31.0 Å². The van der Waals surface area contributed by atoms with Gasteiger partial charge in [-0.25, -0.2) is 0 Å². The van der Waals surface area contributed by atoms with Gasteiger partial charge in [0.25, 0.3) is 0 Å². The molecule has 1 N–H and O–H groups in total. The van der Waals surface area contributed by atoms with Gasteiger partial charge in [0.1, 0.15) is 0 Å². The fourth-order valence-electron chi connectivity index (χ4n) is 2.74. The number of pyridine rings is 1. The first kappa shape index (κ1) is 13.8. The van der Waals surface area contributed by atoms with Gasteiger partial charge in [-0.1, -0.05) is 6.07 Å². The van der Waals surface area contributed by atoms with Crippen LogP contribution in [0.3, 0.4) is 0 Å². The number of aryl methyl sites for hydroxylation is 2. The Labute approximate surface area is 123 Å². The van der Waals surface area contributed by atoms with Crippen molar-refractivity contribution in [3.63, 3.8) is 0 Å². The number of fused-ring (bicyclic) bond motifs is 1. The van der Waals surface area contributed by atoms with E-state index in [2.05, 4.69) is 40.7 Å². The molecule has 0 aromatic carbocycles. The second-order valence-electron chi connectivity index (χ2n) is 5.44. The third-order valence-corrected chi connectivity index (χ3v) is 3.75. The van der Waals surface area contributed by atoms with Gasteiger partial charge in [-0.15, -0.1) is 10.2 Å². The van der Waals surface area contributed by atoms with E-state index in [-0.39, 0.29) is 12.1 Å². The molecular weight excluding hydrogens is 264 g/mol. The van der Waals surface area contributed by atoms with Crippen molar-refractivity contribution in [3.8, 4) is 0 Å². The van der Waals surface area contributed by atoms with Crippen LogP contribution in [-0.4, -0.2) is 24.4 Å². The summed E-state index contributed by atoms with van der Waals surface area (Å²) >= 11 is 0. The van der Waals surface area contributed by atoms with Crippen molar-refractivity contribution in [2.75, 3.05) is 0 Å². The van der Waals surface area contributed by atoms with Gasteiger partial charge in [-0.2, -0.15) is 5.10 Å². The minimum atomic E-state index is 0.0945. The van der Waals surface area contributed by atoms with E-state index in [9.17, 15) is 0 Å². The Balaban J connectivity index is 1.83. The van der Waals surface area contributed by atoms with E-state index in [0.29, 0.717) is 0 Å². The van der Waals surface area contributed by atoms with E-state index in [4.69, 9.17) is 0 Å². The lowest BCUT2D eigenvalue weighted by Gasteiger charge is -2.18. The highest BCUT2D eigenvalue weighted by atomic mass is 15.3. The predicted octanol–water partition coefficient (Wildman–Crippen LogP) is 2.18. The predicted molar refractivity (Wildman–Crippen MR) is 80.9 cm³/mol. The molecular formula is C15H20N6. The average molecular weight is 284 g/mol. The summed E-state index contributed by atoms with van der Waals surface area (Å²) in [6.07, 6.45) is 4.05. The van der Waals surface area contributed by atoms with Crippen LogP contribution in [0.4, 0.5) is 0 Å². The van der Waals surface area contributed by atoms with Gasteiger partial charge in [-0.3, -0.25) is 9.08 Å². The van der Waals surface area contributed by atoms with Crippen LogP contribution < -0.4 is 5.32 Å². The molecule has 3 aromatic heterocycles. The molecule has 6 heteroatoms. The fourth-order valence-corrected chi connectivity index (χ4v) is 2.74. The summed E-state index contributed by atoms with van der Waals surface area (Å²) in [4.78, 5) is 0. The standard InChI is InChI=1S/C15H20N6/c1-10(13-9-20(4)19-11(13)2)16-12(3)15-18-17-14-7-5-6-8-21(14)15/h5-10,12,16H,1-4H3. The number of aromatic nitrogens is 5. The van der Waals surface area contributed by atoms with Crippen LogP contribution >= 0.6 is 0 Å². The van der Waals surface area contributed by atoms with E-state index in [1.807, 2.05) is 47.4 Å². The smallest absolute Gasteiger partial charge is 0.160 e. The summed E-state index contributed by atoms with van der Waals surface area (Å²) in [7, 11) is 1.94. The summed E-state index contributed by atoms with van der Waals surface area (Å²) in [5.74, 6) is 0.916. The molecule has 110 valence electrons. The van der Waals surface area contributed by atoms with Crippen LogP contribution in [0, 0.1) is 6.92 Å². The first-order valence-corrected chi connectivity index (χ1v) is 7.12. The van der Waals surface area contributed by atoms with Crippen molar-refractivity contribution < 1.29 is 0 Å². The number of hydrogen-bond donors (Lipinski definition) is 1. The van der Waals surface area contributed by atoms with Gasteiger partial charge < -0.3 is 5.32 Å². The van der Waals surface area contributed by atoms with Crippen LogP contribution in [0.1, 0.15) is 43.0 Å². The molecule has 0 aliphatic rings. The first-order valence-electron chi connectivity index (χ1n) is 7.12. The molecule has 0 spiro atoms. The lowest BCUT2D eigenvalue weighted by Crippen LogP contribution is -2.24. The van der Waals surface area contributed by atoms with E-state index in [0.717, 1.165) is 17.2 Å². The van der Waals surface area contributed by atoms with Crippen LogP contribution in [-0.2, 0) is 7.05 Å². The summed E-state index contributed by atoms with van der Waals surface area (Å²) in [5, 5.41) is 16.5. The Kier molecular flexibility index (Phi) is 3.47. The summed E-state index contributed by atoms with van der Waals surface area (Å²) < 4.78 is 3.86. The van der Waals surface area contributed by atoms with Gasteiger partial charge in [0.15, 0.2) is 11.5 Å². The fraction of sp³-hybridized carbons (Fsp3) is 0.400. The minimum Gasteiger partial charge on any atom is -0.301 e. The molecule has 0 aliphatic heterocycles. The number of rotatable bonds is 4. The zero-order valence-corrected chi connectivity index (χ0v) is 12.8. The molecule has 0 bridgehead atoms. The number of nitrogens with zero attached hydrogens (tertiary/aromatic N) is 5. The molecule has 2 atom stereocenters. The minimum absolute atomic E-state index is 0.0945. The Morgan fingerprint density at radius 3 is 2.67 bits per heavy atom. The normalized spacial score (nSPS) is 14.5. The largest absolute Gasteiger partial charge is 0.301 e. The quantitative estimate of drug-likeness (QED) is 0.797. The van der Waals surface area contributed by atoms with E-state index in [1.54, 1.807) is 0 Å². The van der Waals surface area contributed by atoms with Crippen molar-refractivity contribution >= 4 is 5.65 Å². The molecule has 0 radical (unpaired) electrons. The van der Waals surface area contributed by atoms with Crippen molar-refractivity contribution in [1.82, 2.24) is 29.7 Å². The second-order valence-corrected chi connectivity index (χ2v) is 5.44. The highest BCUT2D eigenvalue weighted by Gasteiger charge is 2.18. The SMILES string of the molecule is Cc1nn(C)cc1C(C)NC(C)c1nnc2ccccn12. The molecule has 21 heavy (non-hydrogen) atoms.